The summed E-state index contributed by atoms with van der Waals surface area (Å²) in [4.78, 5) is 2.19. The zero-order valence-electron chi connectivity index (χ0n) is 12.1. The van der Waals surface area contributed by atoms with Gasteiger partial charge in [0.05, 0.1) is 6.54 Å². The molecule has 8 heteroatoms. The number of aromatic nitrogens is 3. The fourth-order valence-electron chi connectivity index (χ4n) is 3.40. The van der Waals surface area contributed by atoms with Crippen LogP contribution in [0.25, 0.3) is 0 Å². The standard InChI is InChI=1S/C13H20F3N5/c1-2-12(4-3-5-17-12)9-20-6-7-21-10(8-20)18-19-11(21)13(14,15)16/h17H,2-9H2,1H3. The van der Waals surface area contributed by atoms with Crippen LogP contribution in [0.4, 0.5) is 13.2 Å². The summed E-state index contributed by atoms with van der Waals surface area (Å²) >= 11 is 0. The Morgan fingerprint density at radius 2 is 2.10 bits per heavy atom. The molecule has 0 aromatic carbocycles. The Bertz CT molecular complexity index is 504. The van der Waals surface area contributed by atoms with Crippen molar-refractivity contribution >= 4 is 0 Å². The molecule has 118 valence electrons. The van der Waals surface area contributed by atoms with Crippen LogP contribution in [0.3, 0.4) is 0 Å². The first kappa shape index (κ1) is 14.8. The van der Waals surface area contributed by atoms with Gasteiger partial charge in [0.15, 0.2) is 0 Å². The fourth-order valence-corrected chi connectivity index (χ4v) is 3.40. The highest BCUT2D eigenvalue weighted by atomic mass is 19.4. The fraction of sp³-hybridized carbons (Fsp3) is 0.846. The lowest BCUT2D eigenvalue weighted by Crippen LogP contribution is -2.51. The molecule has 5 nitrogen and oxygen atoms in total. The predicted octanol–water partition coefficient (Wildman–Crippen LogP) is 1.64. The van der Waals surface area contributed by atoms with Gasteiger partial charge in [0.2, 0.25) is 5.82 Å². The average Bonchev–Trinajstić information content (AvgIpc) is 3.04. The van der Waals surface area contributed by atoms with E-state index in [9.17, 15) is 13.2 Å². The molecular formula is C13H20F3N5. The van der Waals surface area contributed by atoms with Gasteiger partial charge in [-0.3, -0.25) is 4.90 Å². The van der Waals surface area contributed by atoms with E-state index in [0.717, 1.165) is 32.4 Å². The molecule has 0 aliphatic carbocycles. The summed E-state index contributed by atoms with van der Waals surface area (Å²) in [5, 5.41) is 10.6. The number of nitrogens with zero attached hydrogens (tertiary/aromatic N) is 4. The Morgan fingerprint density at radius 3 is 2.71 bits per heavy atom. The maximum Gasteiger partial charge on any atom is 0.451 e. The van der Waals surface area contributed by atoms with Gasteiger partial charge in [-0.05, 0) is 25.8 Å². The normalized spacial score (nSPS) is 27.0. The molecular weight excluding hydrogens is 283 g/mol. The highest BCUT2D eigenvalue weighted by molar-refractivity contribution is 5.03. The number of nitrogens with one attached hydrogen (secondary N) is 1. The Labute approximate surface area is 121 Å². The van der Waals surface area contributed by atoms with Gasteiger partial charge in [-0.2, -0.15) is 13.2 Å². The van der Waals surface area contributed by atoms with Crippen LogP contribution < -0.4 is 5.32 Å². The van der Waals surface area contributed by atoms with E-state index >= 15 is 0 Å². The van der Waals surface area contributed by atoms with E-state index in [0.29, 0.717) is 25.5 Å². The summed E-state index contributed by atoms with van der Waals surface area (Å²) in [5.41, 5.74) is 0.106. The minimum Gasteiger partial charge on any atom is -0.310 e. The summed E-state index contributed by atoms with van der Waals surface area (Å²) in [5.74, 6) is -0.459. The lowest BCUT2D eigenvalue weighted by atomic mass is 9.93. The minimum atomic E-state index is -4.43. The summed E-state index contributed by atoms with van der Waals surface area (Å²) in [6, 6.07) is 0. The van der Waals surface area contributed by atoms with Gasteiger partial charge in [-0.25, -0.2) is 0 Å². The number of hydrogen-bond donors (Lipinski definition) is 1. The number of rotatable bonds is 3. The van der Waals surface area contributed by atoms with E-state index in [2.05, 4.69) is 27.3 Å². The largest absolute Gasteiger partial charge is 0.451 e. The van der Waals surface area contributed by atoms with Crippen molar-refractivity contribution in [3.05, 3.63) is 11.6 Å². The Balaban J connectivity index is 1.72. The van der Waals surface area contributed by atoms with Crippen molar-refractivity contribution in [1.29, 1.82) is 0 Å². The molecule has 3 heterocycles. The molecule has 1 aromatic heterocycles. The third-order valence-corrected chi connectivity index (χ3v) is 4.62. The second-order valence-corrected chi connectivity index (χ2v) is 5.96. The van der Waals surface area contributed by atoms with E-state index in [1.165, 1.54) is 4.57 Å². The second kappa shape index (κ2) is 5.24. The number of halogens is 3. The van der Waals surface area contributed by atoms with Crippen molar-refractivity contribution in [2.75, 3.05) is 19.6 Å². The molecule has 1 fully saturated rings. The van der Waals surface area contributed by atoms with E-state index in [1.54, 1.807) is 0 Å². The molecule has 0 bridgehead atoms. The van der Waals surface area contributed by atoms with Crippen molar-refractivity contribution in [1.82, 2.24) is 25.0 Å². The first-order valence-corrected chi connectivity index (χ1v) is 7.40. The van der Waals surface area contributed by atoms with Crippen LogP contribution in [-0.2, 0) is 19.3 Å². The number of hydrogen-bond acceptors (Lipinski definition) is 4. The molecule has 0 amide bonds. The van der Waals surface area contributed by atoms with Crippen molar-refractivity contribution in [3.63, 3.8) is 0 Å². The van der Waals surface area contributed by atoms with Gasteiger partial charge in [0, 0.05) is 25.2 Å². The minimum absolute atomic E-state index is 0.106. The van der Waals surface area contributed by atoms with Crippen LogP contribution in [0.5, 0.6) is 0 Å². The van der Waals surface area contributed by atoms with Gasteiger partial charge in [0.1, 0.15) is 5.82 Å². The van der Waals surface area contributed by atoms with Crippen molar-refractivity contribution in [2.24, 2.45) is 0 Å². The molecule has 1 N–H and O–H groups in total. The third kappa shape index (κ3) is 2.78. The van der Waals surface area contributed by atoms with Gasteiger partial charge in [0.25, 0.3) is 0 Å². The summed E-state index contributed by atoms with van der Waals surface area (Å²) in [6.45, 7) is 5.39. The molecule has 0 radical (unpaired) electrons. The Kier molecular flexibility index (Phi) is 3.69. The van der Waals surface area contributed by atoms with E-state index < -0.39 is 12.0 Å². The van der Waals surface area contributed by atoms with Crippen LogP contribution in [0.15, 0.2) is 0 Å². The van der Waals surface area contributed by atoms with Crippen LogP contribution in [-0.4, -0.2) is 44.8 Å². The summed E-state index contributed by atoms with van der Waals surface area (Å²) in [7, 11) is 0. The van der Waals surface area contributed by atoms with Crippen LogP contribution in [0, 0.1) is 0 Å². The Hall–Kier alpha value is -1.15. The Morgan fingerprint density at radius 1 is 1.29 bits per heavy atom. The second-order valence-electron chi connectivity index (χ2n) is 5.96. The molecule has 1 atom stereocenters. The molecule has 2 aliphatic rings. The zero-order valence-corrected chi connectivity index (χ0v) is 12.1. The SMILES string of the molecule is CCC1(CN2CCn3c(nnc3C(F)(F)F)C2)CCCN1. The molecule has 1 saturated heterocycles. The third-order valence-electron chi connectivity index (χ3n) is 4.62. The highest BCUT2D eigenvalue weighted by Crippen LogP contribution is 2.30. The van der Waals surface area contributed by atoms with Gasteiger partial charge in [-0.1, -0.05) is 6.92 Å². The highest BCUT2D eigenvalue weighted by Gasteiger charge is 2.40. The topological polar surface area (TPSA) is 46.0 Å². The molecule has 0 spiro atoms. The summed E-state index contributed by atoms with van der Waals surface area (Å²) in [6.07, 6.45) is -1.11. The van der Waals surface area contributed by atoms with Crippen LogP contribution in [0.1, 0.15) is 37.8 Å². The van der Waals surface area contributed by atoms with Gasteiger partial charge < -0.3 is 9.88 Å². The molecule has 1 aromatic rings. The molecule has 21 heavy (non-hydrogen) atoms. The predicted molar refractivity (Wildman–Crippen MR) is 70.6 cm³/mol. The van der Waals surface area contributed by atoms with Gasteiger partial charge in [-0.15, -0.1) is 10.2 Å². The smallest absolute Gasteiger partial charge is 0.310 e. The van der Waals surface area contributed by atoms with E-state index in [4.69, 9.17) is 0 Å². The molecule has 2 aliphatic heterocycles. The quantitative estimate of drug-likeness (QED) is 0.922. The maximum atomic E-state index is 12.8. The molecule has 0 saturated carbocycles. The lowest BCUT2D eigenvalue weighted by molar-refractivity contribution is -0.148. The van der Waals surface area contributed by atoms with Gasteiger partial charge >= 0.3 is 6.18 Å². The van der Waals surface area contributed by atoms with Crippen molar-refractivity contribution < 1.29 is 13.2 Å². The lowest BCUT2D eigenvalue weighted by Gasteiger charge is -2.37. The maximum absolute atomic E-state index is 12.8. The average molecular weight is 303 g/mol. The van der Waals surface area contributed by atoms with Crippen molar-refractivity contribution in [3.8, 4) is 0 Å². The van der Waals surface area contributed by atoms with E-state index in [1.807, 2.05) is 0 Å². The number of fused-ring (bicyclic) bond motifs is 1. The monoisotopic (exact) mass is 303 g/mol. The van der Waals surface area contributed by atoms with E-state index in [-0.39, 0.29) is 5.54 Å². The first-order chi connectivity index (χ1) is 9.93. The van der Waals surface area contributed by atoms with Crippen molar-refractivity contribution in [2.45, 2.75) is 51.0 Å². The summed E-state index contributed by atoms with van der Waals surface area (Å²) < 4.78 is 39.6. The molecule has 1 unspecified atom stereocenters. The molecule has 3 rings (SSSR count). The number of alkyl halides is 3. The zero-order chi connectivity index (χ0) is 15.1. The van der Waals surface area contributed by atoms with Crippen LogP contribution in [0.2, 0.25) is 0 Å². The first-order valence-electron chi connectivity index (χ1n) is 7.40. The van der Waals surface area contributed by atoms with Crippen LogP contribution >= 0.6 is 0 Å².